The highest BCUT2D eigenvalue weighted by Gasteiger charge is 2.42. The molecule has 2 aliphatic rings. The third kappa shape index (κ3) is 4.67. The minimum Gasteiger partial charge on any atom is -0.370 e. The van der Waals surface area contributed by atoms with Gasteiger partial charge < -0.3 is 15.1 Å². The van der Waals surface area contributed by atoms with Crippen LogP contribution in [0.2, 0.25) is 5.02 Å². The lowest BCUT2D eigenvalue weighted by Crippen LogP contribution is -2.38. The maximum Gasteiger partial charge on any atom is 0.174 e. The van der Waals surface area contributed by atoms with Gasteiger partial charge in [-0.3, -0.25) is 9.66 Å². The van der Waals surface area contributed by atoms with Gasteiger partial charge in [0.2, 0.25) is 0 Å². The van der Waals surface area contributed by atoms with Gasteiger partial charge in [0, 0.05) is 41.9 Å². The molecule has 2 aliphatic heterocycles. The van der Waals surface area contributed by atoms with Crippen molar-refractivity contribution in [2.75, 3.05) is 22.9 Å². The summed E-state index contributed by atoms with van der Waals surface area (Å²) in [6.07, 6.45) is 6.49. The molecule has 4 aromatic rings. The number of anilines is 2. The van der Waals surface area contributed by atoms with Gasteiger partial charge in [0.1, 0.15) is 12.7 Å². The van der Waals surface area contributed by atoms with Gasteiger partial charge in [-0.2, -0.15) is 0 Å². The quantitative estimate of drug-likeness (QED) is 0.313. The lowest BCUT2D eigenvalue weighted by molar-refractivity contribution is 0.357. The molecular weight excluding hydrogens is 528 g/mol. The molecule has 6 rings (SSSR count). The van der Waals surface area contributed by atoms with Crippen LogP contribution in [-0.2, 0) is 0 Å². The molecule has 2 fully saturated rings. The summed E-state index contributed by atoms with van der Waals surface area (Å²) in [5.74, 6) is 1.29. The van der Waals surface area contributed by atoms with Crippen LogP contribution in [0.3, 0.4) is 0 Å². The standard InChI is InChI=1S/C29H33ClN8S/c1-18-11-19(2)15-35(14-18)26-9-8-22(13-24(26)30)37-28(27(34-29(37)39)25-7-5-6-10-31-25)23-12-20(3)38(21(23)4)36-16-32-33-17-36/h5-10,12-13,16-19,27-28H,11,14-15H2,1-4H3,(H,34,39). The number of hydrogen-bond acceptors (Lipinski definition) is 5. The first-order valence-electron chi connectivity index (χ1n) is 13.4. The third-order valence-electron chi connectivity index (χ3n) is 7.91. The van der Waals surface area contributed by atoms with Crippen LogP contribution in [0.5, 0.6) is 0 Å². The van der Waals surface area contributed by atoms with E-state index in [2.05, 4.69) is 82.0 Å². The first-order chi connectivity index (χ1) is 18.8. The van der Waals surface area contributed by atoms with Crippen molar-refractivity contribution in [3.05, 3.63) is 89.0 Å². The monoisotopic (exact) mass is 560 g/mol. The van der Waals surface area contributed by atoms with Gasteiger partial charge in [-0.25, -0.2) is 4.68 Å². The number of rotatable bonds is 5. The van der Waals surface area contributed by atoms with E-state index in [0.717, 1.165) is 52.1 Å². The molecule has 0 saturated carbocycles. The third-order valence-corrected chi connectivity index (χ3v) is 8.52. The Bertz CT molecular complexity index is 1470. The largest absolute Gasteiger partial charge is 0.370 e. The maximum atomic E-state index is 6.99. The molecule has 0 bridgehead atoms. The molecule has 39 heavy (non-hydrogen) atoms. The number of piperidine rings is 1. The molecule has 8 nitrogen and oxygen atoms in total. The van der Waals surface area contributed by atoms with E-state index < -0.39 is 0 Å². The number of thiocarbonyl (C=S) groups is 1. The molecular formula is C29H33ClN8S. The molecule has 4 atom stereocenters. The number of aryl methyl sites for hydroxylation is 1. The highest BCUT2D eigenvalue weighted by atomic mass is 35.5. The van der Waals surface area contributed by atoms with E-state index in [1.165, 1.54) is 6.42 Å². The van der Waals surface area contributed by atoms with E-state index in [4.69, 9.17) is 28.8 Å². The first-order valence-corrected chi connectivity index (χ1v) is 14.2. The number of nitrogens with one attached hydrogen (secondary N) is 1. The summed E-state index contributed by atoms with van der Waals surface area (Å²) in [5.41, 5.74) is 6.26. The molecule has 1 aromatic carbocycles. The topological polar surface area (TPSA) is 67.0 Å². The van der Waals surface area contributed by atoms with Crippen molar-refractivity contribution in [1.82, 2.24) is 29.9 Å². The summed E-state index contributed by atoms with van der Waals surface area (Å²) >= 11 is 13.0. The van der Waals surface area contributed by atoms with Gasteiger partial charge in [-0.15, -0.1) is 10.2 Å². The Labute approximate surface area is 239 Å². The van der Waals surface area contributed by atoms with Crippen LogP contribution in [0.25, 0.3) is 0 Å². The number of nitrogens with zero attached hydrogens (tertiary/aromatic N) is 7. The number of benzene rings is 1. The molecule has 3 aromatic heterocycles. The summed E-state index contributed by atoms with van der Waals surface area (Å²) in [4.78, 5) is 9.31. The van der Waals surface area contributed by atoms with Crippen molar-refractivity contribution >= 4 is 40.3 Å². The number of halogens is 1. The highest BCUT2D eigenvalue weighted by molar-refractivity contribution is 7.80. The number of hydrogen-bond donors (Lipinski definition) is 1. The second-order valence-corrected chi connectivity index (χ2v) is 11.8. The Balaban J connectivity index is 1.43. The predicted octanol–water partition coefficient (Wildman–Crippen LogP) is 5.72. The highest BCUT2D eigenvalue weighted by Crippen LogP contribution is 2.45. The minimum absolute atomic E-state index is 0.138. The number of pyridine rings is 1. The zero-order valence-electron chi connectivity index (χ0n) is 22.6. The fourth-order valence-corrected chi connectivity index (χ4v) is 7.08. The summed E-state index contributed by atoms with van der Waals surface area (Å²) in [5, 5.41) is 13.0. The van der Waals surface area contributed by atoms with Crippen molar-refractivity contribution in [2.24, 2.45) is 11.8 Å². The normalized spacial score (nSPS) is 23.4. The Kier molecular flexibility index (Phi) is 6.81. The van der Waals surface area contributed by atoms with Crippen LogP contribution in [0.4, 0.5) is 11.4 Å². The molecule has 202 valence electrons. The molecule has 1 N–H and O–H groups in total. The lowest BCUT2D eigenvalue weighted by Gasteiger charge is -2.37. The fourth-order valence-electron chi connectivity index (χ4n) is 6.44. The lowest BCUT2D eigenvalue weighted by atomic mass is 9.91. The Hall–Kier alpha value is -3.43. The second kappa shape index (κ2) is 10.3. The molecule has 0 spiro atoms. The van der Waals surface area contributed by atoms with Crippen LogP contribution in [0, 0.1) is 25.7 Å². The molecule has 0 amide bonds. The Morgan fingerprint density at radius 3 is 2.41 bits per heavy atom. The maximum absolute atomic E-state index is 6.99. The zero-order valence-corrected chi connectivity index (χ0v) is 24.2. The average Bonchev–Trinajstić information content (AvgIpc) is 3.61. The molecule has 4 unspecified atom stereocenters. The smallest absolute Gasteiger partial charge is 0.174 e. The van der Waals surface area contributed by atoms with Crippen LogP contribution in [0.1, 0.15) is 55.0 Å². The van der Waals surface area contributed by atoms with Gasteiger partial charge in [0.15, 0.2) is 5.11 Å². The van der Waals surface area contributed by atoms with Gasteiger partial charge in [0.25, 0.3) is 0 Å². The minimum atomic E-state index is -0.143. The zero-order chi connectivity index (χ0) is 27.3. The predicted molar refractivity (Wildman–Crippen MR) is 159 cm³/mol. The summed E-state index contributed by atoms with van der Waals surface area (Å²) in [7, 11) is 0. The molecule has 2 saturated heterocycles. The van der Waals surface area contributed by atoms with Crippen molar-refractivity contribution in [3.63, 3.8) is 0 Å². The van der Waals surface area contributed by atoms with Gasteiger partial charge in [0.05, 0.1) is 28.5 Å². The van der Waals surface area contributed by atoms with Crippen LogP contribution < -0.4 is 15.1 Å². The summed E-state index contributed by atoms with van der Waals surface area (Å²) in [6, 6.07) is 14.3. The molecule has 10 heteroatoms. The summed E-state index contributed by atoms with van der Waals surface area (Å²) in [6.45, 7) is 10.9. The van der Waals surface area contributed by atoms with E-state index in [-0.39, 0.29) is 12.1 Å². The SMILES string of the molecule is Cc1cc(C2C(c3ccccn3)NC(=S)N2c2ccc(N3CC(C)CC(C)C3)c(Cl)c2)c(C)n1-n1cnnc1. The van der Waals surface area contributed by atoms with E-state index in [9.17, 15) is 0 Å². The van der Waals surface area contributed by atoms with Gasteiger partial charge >= 0.3 is 0 Å². The van der Waals surface area contributed by atoms with Crippen molar-refractivity contribution in [2.45, 2.75) is 46.2 Å². The fraction of sp³-hybridized carbons (Fsp3) is 0.379. The second-order valence-electron chi connectivity index (χ2n) is 11.0. The van der Waals surface area contributed by atoms with E-state index in [1.54, 1.807) is 12.7 Å². The molecule has 5 heterocycles. The first kappa shape index (κ1) is 25.8. The van der Waals surface area contributed by atoms with Crippen molar-refractivity contribution in [3.8, 4) is 0 Å². The van der Waals surface area contributed by atoms with E-state index >= 15 is 0 Å². The number of aromatic nitrogens is 5. The van der Waals surface area contributed by atoms with Crippen LogP contribution in [0.15, 0.2) is 61.3 Å². The van der Waals surface area contributed by atoms with Crippen LogP contribution >= 0.6 is 23.8 Å². The Morgan fingerprint density at radius 1 is 1.00 bits per heavy atom. The van der Waals surface area contributed by atoms with Crippen molar-refractivity contribution < 1.29 is 0 Å². The van der Waals surface area contributed by atoms with Gasteiger partial charge in [-0.1, -0.05) is 31.5 Å². The van der Waals surface area contributed by atoms with E-state index in [1.807, 2.05) is 29.1 Å². The van der Waals surface area contributed by atoms with E-state index in [0.29, 0.717) is 16.9 Å². The average molecular weight is 561 g/mol. The Morgan fingerprint density at radius 2 is 1.74 bits per heavy atom. The summed E-state index contributed by atoms with van der Waals surface area (Å²) < 4.78 is 4.00. The van der Waals surface area contributed by atoms with Crippen LogP contribution in [-0.4, -0.2) is 42.7 Å². The van der Waals surface area contributed by atoms with Gasteiger partial charge in [-0.05, 0) is 80.7 Å². The molecule has 0 radical (unpaired) electrons. The molecule has 0 aliphatic carbocycles. The van der Waals surface area contributed by atoms with Crippen molar-refractivity contribution in [1.29, 1.82) is 0 Å².